The molecule has 4 heteroatoms. The van der Waals surface area contributed by atoms with Crippen molar-refractivity contribution in [3.63, 3.8) is 0 Å². The predicted molar refractivity (Wildman–Crippen MR) is 70.1 cm³/mol. The molecular formula is C13H16ClN3. The van der Waals surface area contributed by atoms with Crippen molar-refractivity contribution in [3.8, 4) is 0 Å². The lowest BCUT2D eigenvalue weighted by Gasteiger charge is -2.22. The van der Waals surface area contributed by atoms with Gasteiger partial charge in [-0.15, -0.1) is 0 Å². The number of aryl methyl sites for hydroxylation is 1. The van der Waals surface area contributed by atoms with E-state index in [1.807, 2.05) is 25.2 Å². The van der Waals surface area contributed by atoms with Gasteiger partial charge in [0.25, 0.3) is 0 Å². The third kappa shape index (κ3) is 1.57. The summed E-state index contributed by atoms with van der Waals surface area (Å²) < 4.78 is 2.06. The molecule has 0 amide bonds. The Morgan fingerprint density at radius 3 is 2.71 bits per heavy atom. The molecule has 90 valence electrons. The number of nitrogens with zero attached hydrogens (tertiary/aromatic N) is 2. The van der Waals surface area contributed by atoms with Gasteiger partial charge in [-0.25, -0.2) is 4.98 Å². The van der Waals surface area contributed by atoms with Gasteiger partial charge in [-0.2, -0.15) is 0 Å². The molecule has 0 aliphatic heterocycles. The summed E-state index contributed by atoms with van der Waals surface area (Å²) in [5.41, 5.74) is 8.13. The maximum Gasteiger partial charge on any atom is 0.129 e. The molecule has 0 radical (unpaired) electrons. The minimum absolute atomic E-state index is 0.267. The van der Waals surface area contributed by atoms with Crippen LogP contribution in [0.2, 0.25) is 5.02 Å². The summed E-state index contributed by atoms with van der Waals surface area (Å²) in [6.07, 6.45) is 4.41. The lowest BCUT2D eigenvalue weighted by atomic mass is 9.98. The molecule has 0 saturated heterocycles. The van der Waals surface area contributed by atoms with E-state index >= 15 is 0 Å². The van der Waals surface area contributed by atoms with Crippen LogP contribution in [0.4, 0.5) is 0 Å². The summed E-state index contributed by atoms with van der Waals surface area (Å²) in [5, 5.41) is 0.741. The molecular weight excluding hydrogens is 234 g/mol. The van der Waals surface area contributed by atoms with E-state index in [1.165, 1.54) is 12.8 Å². The number of benzene rings is 1. The predicted octanol–water partition coefficient (Wildman–Crippen LogP) is 2.95. The van der Waals surface area contributed by atoms with Gasteiger partial charge in [0.05, 0.1) is 21.6 Å². The zero-order valence-electron chi connectivity index (χ0n) is 9.91. The van der Waals surface area contributed by atoms with Crippen LogP contribution in [0.15, 0.2) is 18.2 Å². The molecule has 17 heavy (non-hydrogen) atoms. The Hall–Kier alpha value is -1.06. The van der Waals surface area contributed by atoms with Crippen LogP contribution in [0, 0.1) is 0 Å². The van der Waals surface area contributed by atoms with Crippen LogP contribution in [0.1, 0.15) is 31.5 Å². The number of imidazole rings is 1. The summed E-state index contributed by atoms with van der Waals surface area (Å²) in [5.74, 6) is 0.970. The highest BCUT2D eigenvalue weighted by Crippen LogP contribution is 2.37. The Labute approximate surface area is 106 Å². The van der Waals surface area contributed by atoms with E-state index in [2.05, 4.69) is 9.55 Å². The largest absolute Gasteiger partial charge is 0.328 e. The number of rotatable bonds is 1. The van der Waals surface area contributed by atoms with Crippen molar-refractivity contribution in [1.82, 2.24) is 9.55 Å². The highest BCUT2D eigenvalue weighted by molar-refractivity contribution is 6.35. The van der Waals surface area contributed by atoms with Gasteiger partial charge in [-0.05, 0) is 25.0 Å². The van der Waals surface area contributed by atoms with E-state index < -0.39 is 0 Å². The average molecular weight is 250 g/mol. The Morgan fingerprint density at radius 2 is 2.06 bits per heavy atom. The Kier molecular flexibility index (Phi) is 2.42. The first-order valence-corrected chi connectivity index (χ1v) is 6.40. The number of hydrogen-bond acceptors (Lipinski definition) is 2. The molecule has 1 fully saturated rings. The minimum atomic E-state index is -0.267. The van der Waals surface area contributed by atoms with E-state index in [1.54, 1.807) is 0 Å². The molecule has 1 aromatic heterocycles. The van der Waals surface area contributed by atoms with Crippen molar-refractivity contribution in [2.75, 3.05) is 0 Å². The van der Waals surface area contributed by atoms with Crippen molar-refractivity contribution < 1.29 is 0 Å². The molecule has 0 bridgehead atoms. The zero-order chi connectivity index (χ0) is 12.0. The quantitative estimate of drug-likeness (QED) is 0.845. The normalized spacial score (nSPS) is 19.0. The average Bonchev–Trinajstić information content (AvgIpc) is 2.86. The fourth-order valence-corrected chi connectivity index (χ4v) is 3.19. The lowest BCUT2D eigenvalue weighted by Crippen LogP contribution is -2.36. The van der Waals surface area contributed by atoms with E-state index in [9.17, 15) is 0 Å². The first kappa shape index (κ1) is 11.1. The summed E-state index contributed by atoms with van der Waals surface area (Å²) in [7, 11) is 2.00. The molecule has 2 aromatic rings. The molecule has 1 heterocycles. The van der Waals surface area contributed by atoms with Crippen molar-refractivity contribution >= 4 is 22.6 Å². The summed E-state index contributed by atoms with van der Waals surface area (Å²) in [4.78, 5) is 4.68. The number of fused-ring (bicyclic) bond motifs is 1. The van der Waals surface area contributed by atoms with Crippen LogP contribution in [-0.4, -0.2) is 9.55 Å². The van der Waals surface area contributed by atoms with Crippen molar-refractivity contribution in [2.24, 2.45) is 12.8 Å². The molecule has 1 aliphatic rings. The van der Waals surface area contributed by atoms with Crippen LogP contribution >= 0.6 is 11.6 Å². The molecule has 1 aliphatic carbocycles. The molecule has 1 saturated carbocycles. The summed E-state index contributed by atoms with van der Waals surface area (Å²) in [6.45, 7) is 0. The number of para-hydroxylation sites is 1. The minimum Gasteiger partial charge on any atom is -0.328 e. The number of halogens is 1. The number of hydrogen-bond donors (Lipinski definition) is 1. The van der Waals surface area contributed by atoms with Gasteiger partial charge >= 0.3 is 0 Å². The van der Waals surface area contributed by atoms with Crippen LogP contribution < -0.4 is 5.73 Å². The summed E-state index contributed by atoms with van der Waals surface area (Å²) in [6, 6.07) is 5.81. The smallest absolute Gasteiger partial charge is 0.129 e. The van der Waals surface area contributed by atoms with Crippen LogP contribution in [-0.2, 0) is 12.6 Å². The fraction of sp³-hybridized carbons (Fsp3) is 0.462. The fourth-order valence-electron chi connectivity index (χ4n) is 2.90. The van der Waals surface area contributed by atoms with Crippen molar-refractivity contribution in [3.05, 3.63) is 29.0 Å². The van der Waals surface area contributed by atoms with Crippen molar-refractivity contribution in [2.45, 2.75) is 31.2 Å². The summed E-state index contributed by atoms with van der Waals surface area (Å²) >= 11 is 6.23. The SMILES string of the molecule is Cn1c(C2(N)CCCC2)nc2cccc(Cl)c21. The van der Waals surface area contributed by atoms with Gasteiger partial charge in [0.1, 0.15) is 5.82 Å². The Balaban J connectivity index is 2.24. The van der Waals surface area contributed by atoms with E-state index in [0.717, 1.165) is 34.7 Å². The van der Waals surface area contributed by atoms with E-state index in [0.29, 0.717) is 0 Å². The van der Waals surface area contributed by atoms with Gasteiger partial charge in [0.2, 0.25) is 0 Å². The maximum atomic E-state index is 6.47. The Morgan fingerprint density at radius 1 is 1.35 bits per heavy atom. The molecule has 0 atom stereocenters. The van der Waals surface area contributed by atoms with Gasteiger partial charge < -0.3 is 10.3 Å². The third-order valence-corrected chi connectivity index (χ3v) is 4.09. The standard InChI is InChI=1S/C13H16ClN3/c1-17-11-9(14)5-4-6-10(11)16-12(17)13(15)7-2-3-8-13/h4-6H,2-3,7-8,15H2,1H3. The van der Waals surface area contributed by atoms with Crippen LogP contribution in [0.3, 0.4) is 0 Å². The monoisotopic (exact) mass is 249 g/mol. The lowest BCUT2D eigenvalue weighted by molar-refractivity contribution is 0.420. The van der Waals surface area contributed by atoms with E-state index in [4.69, 9.17) is 17.3 Å². The molecule has 1 aromatic carbocycles. The molecule has 0 unspecified atom stereocenters. The first-order chi connectivity index (χ1) is 8.12. The highest BCUT2D eigenvalue weighted by Gasteiger charge is 2.35. The molecule has 3 nitrogen and oxygen atoms in total. The van der Waals surface area contributed by atoms with Crippen LogP contribution in [0.5, 0.6) is 0 Å². The van der Waals surface area contributed by atoms with Gasteiger partial charge in [0.15, 0.2) is 0 Å². The maximum absolute atomic E-state index is 6.47. The molecule has 3 rings (SSSR count). The number of aromatic nitrogens is 2. The Bertz CT molecular complexity index is 567. The first-order valence-electron chi connectivity index (χ1n) is 6.02. The van der Waals surface area contributed by atoms with Gasteiger partial charge in [-0.1, -0.05) is 30.5 Å². The second kappa shape index (κ2) is 3.72. The molecule has 2 N–H and O–H groups in total. The van der Waals surface area contributed by atoms with Crippen molar-refractivity contribution in [1.29, 1.82) is 0 Å². The van der Waals surface area contributed by atoms with E-state index in [-0.39, 0.29) is 5.54 Å². The second-order valence-corrected chi connectivity index (χ2v) is 5.37. The zero-order valence-corrected chi connectivity index (χ0v) is 10.7. The van der Waals surface area contributed by atoms with Gasteiger partial charge in [0, 0.05) is 7.05 Å². The third-order valence-electron chi connectivity index (χ3n) is 3.79. The number of nitrogens with two attached hydrogens (primary N) is 1. The second-order valence-electron chi connectivity index (χ2n) is 4.97. The van der Waals surface area contributed by atoms with Gasteiger partial charge in [-0.3, -0.25) is 0 Å². The van der Waals surface area contributed by atoms with Crippen LogP contribution in [0.25, 0.3) is 11.0 Å². The molecule has 0 spiro atoms. The highest BCUT2D eigenvalue weighted by atomic mass is 35.5. The topological polar surface area (TPSA) is 43.8 Å².